The van der Waals surface area contributed by atoms with Crippen molar-refractivity contribution in [1.82, 2.24) is 10.4 Å². The first-order valence-electron chi connectivity index (χ1n) is 7.32. The summed E-state index contributed by atoms with van der Waals surface area (Å²) in [5.74, 6) is -3.21. The fraction of sp³-hybridized carbons (Fsp3) is 0.667. The van der Waals surface area contributed by atoms with Gasteiger partial charge in [0.1, 0.15) is 5.60 Å². The van der Waals surface area contributed by atoms with E-state index in [1.54, 1.807) is 27.7 Å². The number of hydrogen-bond donors (Lipinski definition) is 2. The Balaban J connectivity index is 2.10. The highest BCUT2D eigenvalue weighted by Crippen LogP contribution is 2.39. The Kier molecular flexibility index (Phi) is 4.17. The molecular formula is C15H22N2O5. The monoisotopic (exact) mass is 310 g/mol. The van der Waals surface area contributed by atoms with E-state index in [1.165, 1.54) is 5.01 Å². The first kappa shape index (κ1) is 16.3. The van der Waals surface area contributed by atoms with Gasteiger partial charge in [0.2, 0.25) is 5.91 Å². The molecule has 1 aliphatic carbocycles. The molecule has 2 N–H and O–H groups in total. The van der Waals surface area contributed by atoms with E-state index in [9.17, 15) is 19.5 Å². The number of carbonyl (C=O) groups excluding carboxylic acids is 2. The number of fused-ring (bicyclic) bond motifs is 1. The molecule has 0 radical (unpaired) electrons. The number of allylic oxidation sites excluding steroid dienone is 1. The maximum atomic E-state index is 12.5. The second-order valence-electron chi connectivity index (χ2n) is 6.86. The summed E-state index contributed by atoms with van der Waals surface area (Å²) in [4.78, 5) is 35.7. The number of carboxylic acids is 1. The van der Waals surface area contributed by atoms with Crippen LogP contribution in [0.25, 0.3) is 0 Å². The van der Waals surface area contributed by atoms with Crippen LogP contribution in [0.15, 0.2) is 12.2 Å². The Bertz CT molecular complexity index is 523. The number of nitrogens with one attached hydrogen (secondary N) is 1. The molecule has 2 aliphatic rings. The van der Waals surface area contributed by atoms with E-state index in [1.807, 2.05) is 12.2 Å². The highest BCUT2D eigenvalue weighted by molar-refractivity contribution is 5.89. The Morgan fingerprint density at radius 1 is 1.36 bits per heavy atom. The predicted molar refractivity (Wildman–Crippen MR) is 77.5 cm³/mol. The smallest absolute Gasteiger partial charge is 0.426 e. The quantitative estimate of drug-likeness (QED) is 0.752. The normalized spacial score (nSPS) is 30.9. The number of aliphatic carboxylic acids is 1. The minimum absolute atomic E-state index is 0.209. The molecule has 7 nitrogen and oxygen atoms in total. The van der Waals surface area contributed by atoms with Crippen molar-refractivity contribution < 1.29 is 24.2 Å². The largest absolute Gasteiger partial charge is 0.481 e. The van der Waals surface area contributed by atoms with E-state index in [0.717, 1.165) is 0 Å². The molecule has 2 rings (SSSR count). The van der Waals surface area contributed by atoms with E-state index in [2.05, 4.69) is 5.43 Å². The van der Waals surface area contributed by atoms with Gasteiger partial charge in [-0.1, -0.05) is 19.1 Å². The third kappa shape index (κ3) is 3.23. The zero-order valence-corrected chi connectivity index (χ0v) is 13.2. The van der Waals surface area contributed by atoms with Gasteiger partial charge in [-0.3, -0.25) is 14.6 Å². The number of hydrogen-bond acceptors (Lipinski definition) is 4. The third-order valence-corrected chi connectivity index (χ3v) is 3.93. The van der Waals surface area contributed by atoms with Crippen molar-refractivity contribution >= 4 is 18.0 Å². The molecular weight excluding hydrogens is 288 g/mol. The molecule has 0 spiro atoms. The van der Waals surface area contributed by atoms with Gasteiger partial charge in [-0.15, -0.1) is 0 Å². The van der Waals surface area contributed by atoms with Crippen molar-refractivity contribution in [3.8, 4) is 0 Å². The molecule has 1 heterocycles. The zero-order valence-electron chi connectivity index (χ0n) is 13.2. The Hall–Kier alpha value is -2.05. The van der Waals surface area contributed by atoms with Gasteiger partial charge in [-0.05, 0) is 26.7 Å². The maximum absolute atomic E-state index is 12.5. The predicted octanol–water partition coefficient (Wildman–Crippen LogP) is 1.41. The van der Waals surface area contributed by atoms with E-state index < -0.39 is 29.5 Å². The molecule has 0 aromatic rings. The molecule has 7 heteroatoms. The highest BCUT2D eigenvalue weighted by atomic mass is 16.6. The van der Waals surface area contributed by atoms with Gasteiger partial charge < -0.3 is 9.84 Å². The summed E-state index contributed by atoms with van der Waals surface area (Å²) >= 11 is 0. The van der Waals surface area contributed by atoms with Crippen LogP contribution < -0.4 is 5.43 Å². The SMILES string of the molecule is C[C@H]1C=C[C@H]2CN(NC(=O)OC(C)(C)C)C(=O)[C@H]2[C@H]1C(=O)O. The molecule has 22 heavy (non-hydrogen) atoms. The van der Waals surface area contributed by atoms with E-state index in [-0.39, 0.29) is 24.3 Å². The van der Waals surface area contributed by atoms with Crippen LogP contribution in [0.2, 0.25) is 0 Å². The molecule has 0 bridgehead atoms. The van der Waals surface area contributed by atoms with Crippen LogP contribution in [-0.2, 0) is 14.3 Å². The molecule has 1 saturated heterocycles. The lowest BCUT2D eigenvalue weighted by Crippen LogP contribution is -2.47. The minimum atomic E-state index is -0.987. The Morgan fingerprint density at radius 2 is 2.00 bits per heavy atom. The van der Waals surface area contributed by atoms with E-state index >= 15 is 0 Å². The van der Waals surface area contributed by atoms with Gasteiger partial charge in [0.05, 0.1) is 11.8 Å². The van der Waals surface area contributed by atoms with Gasteiger partial charge in [0.15, 0.2) is 0 Å². The standard InChI is InChI=1S/C15H22N2O5/c1-8-5-6-9-7-17(16-14(21)22-15(2,3)4)12(18)11(9)10(8)13(19)20/h5-6,8-11H,7H2,1-4H3,(H,16,21)(H,19,20)/t8-,9-,10-,11+/m0/s1. The van der Waals surface area contributed by atoms with Crippen molar-refractivity contribution in [3.63, 3.8) is 0 Å². The van der Waals surface area contributed by atoms with Gasteiger partial charge in [0, 0.05) is 12.5 Å². The zero-order chi connectivity index (χ0) is 16.7. The summed E-state index contributed by atoms with van der Waals surface area (Å²) in [6.07, 6.45) is 2.97. The number of hydrazine groups is 1. The molecule has 0 unspecified atom stereocenters. The molecule has 0 aromatic carbocycles. The molecule has 4 atom stereocenters. The molecule has 1 fully saturated rings. The van der Waals surface area contributed by atoms with E-state index in [4.69, 9.17) is 4.74 Å². The second kappa shape index (κ2) is 5.62. The first-order valence-corrected chi connectivity index (χ1v) is 7.32. The van der Waals surface area contributed by atoms with Crippen LogP contribution in [-0.4, -0.2) is 40.2 Å². The summed E-state index contributed by atoms with van der Waals surface area (Å²) in [5, 5.41) is 10.5. The number of carbonyl (C=O) groups is 3. The maximum Gasteiger partial charge on any atom is 0.426 e. The number of rotatable bonds is 2. The van der Waals surface area contributed by atoms with Crippen LogP contribution in [0.5, 0.6) is 0 Å². The molecule has 1 aliphatic heterocycles. The molecule has 0 aromatic heterocycles. The van der Waals surface area contributed by atoms with Crippen LogP contribution in [0.3, 0.4) is 0 Å². The fourth-order valence-electron chi connectivity index (χ4n) is 3.03. The van der Waals surface area contributed by atoms with Crippen molar-refractivity contribution in [2.45, 2.75) is 33.3 Å². The Labute approximate surface area is 129 Å². The minimum Gasteiger partial charge on any atom is -0.481 e. The van der Waals surface area contributed by atoms with Gasteiger partial charge in [-0.2, -0.15) is 0 Å². The Morgan fingerprint density at radius 3 is 2.55 bits per heavy atom. The van der Waals surface area contributed by atoms with Crippen molar-refractivity contribution in [2.75, 3.05) is 6.54 Å². The first-order chi connectivity index (χ1) is 10.1. The molecule has 0 saturated carbocycles. The summed E-state index contributed by atoms with van der Waals surface area (Å²) < 4.78 is 5.12. The fourth-order valence-corrected chi connectivity index (χ4v) is 3.03. The molecule has 122 valence electrons. The lowest BCUT2D eigenvalue weighted by molar-refractivity contribution is -0.150. The van der Waals surface area contributed by atoms with Gasteiger partial charge in [-0.25, -0.2) is 10.2 Å². The summed E-state index contributed by atoms with van der Waals surface area (Å²) in [6.45, 7) is 7.22. The summed E-state index contributed by atoms with van der Waals surface area (Å²) in [5.41, 5.74) is 1.74. The average Bonchev–Trinajstić information content (AvgIpc) is 2.64. The van der Waals surface area contributed by atoms with E-state index in [0.29, 0.717) is 0 Å². The number of carboxylic acid groups (broad SMARTS) is 1. The van der Waals surface area contributed by atoms with Crippen molar-refractivity contribution in [1.29, 1.82) is 0 Å². The second-order valence-corrected chi connectivity index (χ2v) is 6.86. The van der Waals surface area contributed by atoms with Crippen LogP contribution >= 0.6 is 0 Å². The summed E-state index contributed by atoms with van der Waals surface area (Å²) in [7, 11) is 0. The summed E-state index contributed by atoms with van der Waals surface area (Å²) in [6, 6.07) is 0. The highest BCUT2D eigenvalue weighted by Gasteiger charge is 2.50. The van der Waals surface area contributed by atoms with Crippen LogP contribution in [0, 0.1) is 23.7 Å². The number of nitrogens with zero attached hydrogens (tertiary/aromatic N) is 1. The van der Waals surface area contributed by atoms with Crippen LogP contribution in [0.4, 0.5) is 4.79 Å². The lowest BCUT2D eigenvalue weighted by Gasteiger charge is -2.29. The van der Waals surface area contributed by atoms with Gasteiger partial charge >= 0.3 is 12.1 Å². The van der Waals surface area contributed by atoms with Gasteiger partial charge in [0.25, 0.3) is 0 Å². The van der Waals surface area contributed by atoms with Crippen molar-refractivity contribution in [2.24, 2.45) is 23.7 Å². The van der Waals surface area contributed by atoms with Crippen LogP contribution in [0.1, 0.15) is 27.7 Å². The molecule has 2 amide bonds. The number of amides is 2. The van der Waals surface area contributed by atoms with Crippen molar-refractivity contribution in [3.05, 3.63) is 12.2 Å². The third-order valence-electron chi connectivity index (χ3n) is 3.93. The topological polar surface area (TPSA) is 95.9 Å². The average molecular weight is 310 g/mol. The number of ether oxygens (including phenoxy) is 1. The lowest BCUT2D eigenvalue weighted by atomic mass is 9.72.